The fraction of sp³-hybridized carbons (Fsp3) is 0.440. The molecular formula is C25H30O3. The highest BCUT2D eigenvalue weighted by Crippen LogP contribution is 2.40. The molecule has 3 rings (SSSR count). The quantitative estimate of drug-likeness (QED) is 0.478. The number of esters is 1. The summed E-state index contributed by atoms with van der Waals surface area (Å²) in [5.41, 5.74) is 3.03. The number of carbonyl (C=O) groups excluding carboxylic acids is 2. The molecule has 0 N–H and O–H groups in total. The van der Waals surface area contributed by atoms with Gasteiger partial charge in [-0.2, -0.15) is 0 Å². The molecule has 1 aliphatic rings. The van der Waals surface area contributed by atoms with Gasteiger partial charge in [-0.1, -0.05) is 75.4 Å². The van der Waals surface area contributed by atoms with E-state index in [9.17, 15) is 9.59 Å². The zero-order chi connectivity index (χ0) is 20.1. The highest BCUT2D eigenvalue weighted by molar-refractivity contribution is 5.98. The average Bonchev–Trinajstić information content (AvgIpc) is 2.72. The predicted molar refractivity (Wildman–Crippen MR) is 112 cm³/mol. The summed E-state index contributed by atoms with van der Waals surface area (Å²) in [5.74, 6) is 0.214. The molecule has 1 saturated carbocycles. The van der Waals surface area contributed by atoms with Gasteiger partial charge in [-0.15, -0.1) is 0 Å². The van der Waals surface area contributed by atoms with Crippen LogP contribution in [0.25, 0.3) is 11.1 Å². The van der Waals surface area contributed by atoms with Crippen molar-refractivity contribution in [2.45, 2.75) is 46.5 Å². The van der Waals surface area contributed by atoms with Crippen LogP contribution in [0.5, 0.6) is 0 Å². The number of hydrogen-bond acceptors (Lipinski definition) is 3. The SMILES string of the molecule is CC(C)(C)C1CCC(C(=O)OCC(=O)c2ccc(-c3ccccc3)cc2)CC1. The Labute approximate surface area is 168 Å². The summed E-state index contributed by atoms with van der Waals surface area (Å²) in [5, 5.41) is 0. The molecule has 0 aromatic heterocycles. The Morgan fingerprint density at radius 2 is 1.43 bits per heavy atom. The maximum absolute atomic E-state index is 12.4. The molecule has 3 heteroatoms. The second kappa shape index (κ2) is 8.72. The summed E-state index contributed by atoms with van der Waals surface area (Å²) in [4.78, 5) is 24.7. The lowest BCUT2D eigenvalue weighted by atomic mass is 9.70. The Hall–Kier alpha value is -2.42. The van der Waals surface area contributed by atoms with Crippen LogP contribution in [0.15, 0.2) is 54.6 Å². The van der Waals surface area contributed by atoms with Gasteiger partial charge in [-0.25, -0.2) is 0 Å². The molecule has 1 aliphatic carbocycles. The zero-order valence-corrected chi connectivity index (χ0v) is 17.1. The maximum atomic E-state index is 12.4. The van der Waals surface area contributed by atoms with E-state index in [1.807, 2.05) is 42.5 Å². The van der Waals surface area contributed by atoms with Crippen LogP contribution in [0, 0.1) is 17.3 Å². The van der Waals surface area contributed by atoms with Gasteiger partial charge in [0, 0.05) is 5.56 Å². The predicted octanol–water partition coefficient (Wildman–Crippen LogP) is 5.93. The van der Waals surface area contributed by atoms with Gasteiger partial charge < -0.3 is 4.74 Å². The third-order valence-corrected chi connectivity index (χ3v) is 5.94. The minimum absolute atomic E-state index is 0.0631. The first-order valence-corrected chi connectivity index (χ1v) is 10.2. The monoisotopic (exact) mass is 378 g/mol. The lowest BCUT2D eigenvalue weighted by Crippen LogP contribution is -2.30. The largest absolute Gasteiger partial charge is 0.457 e. The van der Waals surface area contributed by atoms with Crippen LogP contribution in [0.2, 0.25) is 0 Å². The molecule has 0 radical (unpaired) electrons. The molecule has 0 unspecified atom stereocenters. The van der Waals surface area contributed by atoms with Crippen molar-refractivity contribution in [1.82, 2.24) is 0 Å². The van der Waals surface area contributed by atoms with Crippen LogP contribution in [0.3, 0.4) is 0 Å². The van der Waals surface area contributed by atoms with E-state index in [1.165, 1.54) is 0 Å². The van der Waals surface area contributed by atoms with Crippen molar-refractivity contribution in [3.63, 3.8) is 0 Å². The Kier molecular flexibility index (Phi) is 6.33. The van der Waals surface area contributed by atoms with E-state index < -0.39 is 0 Å². The fourth-order valence-electron chi connectivity index (χ4n) is 4.01. The molecule has 3 nitrogen and oxygen atoms in total. The Balaban J connectivity index is 1.50. The molecule has 0 heterocycles. The van der Waals surface area contributed by atoms with Crippen LogP contribution < -0.4 is 0 Å². The molecular weight excluding hydrogens is 348 g/mol. The van der Waals surface area contributed by atoms with Crippen molar-refractivity contribution in [2.75, 3.05) is 6.61 Å². The standard InChI is InChI=1S/C25H30O3/c1-25(2,3)22-15-13-21(14-16-22)24(27)28-17-23(26)20-11-9-19(10-12-20)18-7-5-4-6-8-18/h4-12,21-22H,13-17H2,1-3H3. The molecule has 0 amide bonds. The molecule has 2 aromatic rings. The molecule has 0 saturated heterocycles. The minimum atomic E-state index is -0.221. The van der Waals surface area contributed by atoms with Gasteiger partial charge in [0.15, 0.2) is 12.4 Å². The van der Waals surface area contributed by atoms with Gasteiger partial charge in [-0.05, 0) is 48.1 Å². The highest BCUT2D eigenvalue weighted by atomic mass is 16.5. The molecule has 2 aromatic carbocycles. The zero-order valence-electron chi connectivity index (χ0n) is 17.1. The van der Waals surface area contributed by atoms with E-state index in [2.05, 4.69) is 20.8 Å². The second-order valence-corrected chi connectivity index (χ2v) is 8.89. The van der Waals surface area contributed by atoms with E-state index >= 15 is 0 Å². The number of ether oxygens (including phenoxy) is 1. The van der Waals surface area contributed by atoms with Crippen molar-refractivity contribution in [2.24, 2.45) is 17.3 Å². The first-order valence-electron chi connectivity index (χ1n) is 10.2. The van der Waals surface area contributed by atoms with Crippen molar-refractivity contribution in [3.8, 4) is 11.1 Å². The van der Waals surface area contributed by atoms with E-state index in [0.29, 0.717) is 11.5 Å². The first-order chi connectivity index (χ1) is 13.3. The van der Waals surface area contributed by atoms with Crippen molar-refractivity contribution in [1.29, 1.82) is 0 Å². The van der Waals surface area contributed by atoms with E-state index in [1.54, 1.807) is 12.1 Å². The molecule has 28 heavy (non-hydrogen) atoms. The summed E-state index contributed by atoms with van der Waals surface area (Å²) in [7, 11) is 0. The third-order valence-electron chi connectivity index (χ3n) is 5.94. The van der Waals surface area contributed by atoms with Crippen LogP contribution >= 0.6 is 0 Å². The van der Waals surface area contributed by atoms with Crippen LogP contribution in [0.4, 0.5) is 0 Å². The Morgan fingerprint density at radius 3 is 2.00 bits per heavy atom. The number of benzene rings is 2. The van der Waals surface area contributed by atoms with Crippen LogP contribution in [-0.4, -0.2) is 18.4 Å². The summed E-state index contributed by atoms with van der Waals surface area (Å²) in [6, 6.07) is 17.5. The third kappa shape index (κ3) is 5.09. The summed E-state index contributed by atoms with van der Waals surface area (Å²) in [6.45, 7) is 6.61. The topological polar surface area (TPSA) is 43.4 Å². The number of carbonyl (C=O) groups is 2. The lowest BCUT2D eigenvalue weighted by molar-refractivity contribution is -0.149. The molecule has 0 spiro atoms. The van der Waals surface area contributed by atoms with Crippen LogP contribution in [0.1, 0.15) is 56.8 Å². The van der Waals surface area contributed by atoms with Gasteiger partial charge in [0.05, 0.1) is 5.92 Å². The normalized spacial score (nSPS) is 19.8. The average molecular weight is 379 g/mol. The summed E-state index contributed by atoms with van der Waals surface area (Å²) < 4.78 is 5.34. The fourth-order valence-corrected chi connectivity index (χ4v) is 4.01. The second-order valence-electron chi connectivity index (χ2n) is 8.89. The first kappa shape index (κ1) is 20.3. The van der Waals surface area contributed by atoms with Gasteiger partial charge in [0.2, 0.25) is 0 Å². The molecule has 1 fully saturated rings. The number of hydrogen-bond donors (Lipinski definition) is 0. The highest BCUT2D eigenvalue weighted by Gasteiger charge is 2.33. The van der Waals surface area contributed by atoms with Crippen LogP contribution in [-0.2, 0) is 9.53 Å². The number of Topliss-reactive ketones (excluding diaryl/α,β-unsaturated/α-hetero) is 1. The maximum Gasteiger partial charge on any atom is 0.309 e. The molecule has 0 aliphatic heterocycles. The molecule has 0 atom stereocenters. The van der Waals surface area contributed by atoms with Crippen molar-refractivity contribution >= 4 is 11.8 Å². The van der Waals surface area contributed by atoms with E-state index in [0.717, 1.165) is 36.8 Å². The number of rotatable bonds is 5. The van der Waals surface area contributed by atoms with Crippen molar-refractivity contribution in [3.05, 3.63) is 60.2 Å². The minimum Gasteiger partial charge on any atom is -0.457 e. The van der Waals surface area contributed by atoms with E-state index in [-0.39, 0.29) is 29.7 Å². The van der Waals surface area contributed by atoms with Gasteiger partial charge in [-0.3, -0.25) is 9.59 Å². The van der Waals surface area contributed by atoms with Crippen molar-refractivity contribution < 1.29 is 14.3 Å². The Morgan fingerprint density at radius 1 is 0.857 bits per heavy atom. The van der Waals surface area contributed by atoms with Gasteiger partial charge >= 0.3 is 5.97 Å². The molecule has 0 bridgehead atoms. The summed E-state index contributed by atoms with van der Waals surface area (Å²) >= 11 is 0. The van der Waals surface area contributed by atoms with Gasteiger partial charge in [0.25, 0.3) is 0 Å². The number of ketones is 1. The Bertz CT molecular complexity index is 792. The molecule has 148 valence electrons. The lowest BCUT2D eigenvalue weighted by Gasteiger charge is -2.36. The summed E-state index contributed by atoms with van der Waals surface area (Å²) in [6.07, 6.45) is 3.83. The van der Waals surface area contributed by atoms with Gasteiger partial charge in [0.1, 0.15) is 0 Å². The van der Waals surface area contributed by atoms with E-state index in [4.69, 9.17) is 4.74 Å². The smallest absolute Gasteiger partial charge is 0.309 e.